The third-order valence-electron chi connectivity index (χ3n) is 2.61. The van der Waals surface area contributed by atoms with Crippen LogP contribution in [0.5, 0.6) is 0 Å². The van der Waals surface area contributed by atoms with E-state index in [2.05, 4.69) is 15.6 Å². The first-order valence-corrected chi connectivity index (χ1v) is 7.21. The number of hydrogen-bond donors (Lipinski definition) is 2. The molecule has 0 aliphatic heterocycles. The maximum atomic E-state index is 12.1. The number of aromatic nitrogens is 1. The summed E-state index contributed by atoms with van der Waals surface area (Å²) in [7, 11) is 0. The normalized spacial score (nSPS) is 10.2. The number of pyridine rings is 1. The molecule has 1 heterocycles. The van der Waals surface area contributed by atoms with Crippen molar-refractivity contribution in [2.75, 3.05) is 5.32 Å². The second kappa shape index (κ2) is 6.96. The summed E-state index contributed by atoms with van der Waals surface area (Å²) in [6, 6.07) is 7.17. The third kappa shape index (κ3) is 4.10. The number of nitrogens with zero attached hydrogens (tertiary/aromatic N) is 1. The van der Waals surface area contributed by atoms with Crippen LogP contribution in [0.1, 0.15) is 16.1 Å². The number of imide groups is 1. The van der Waals surface area contributed by atoms with Crippen molar-refractivity contribution in [2.24, 2.45) is 0 Å². The van der Waals surface area contributed by atoms with Gasteiger partial charge in [-0.2, -0.15) is 0 Å². The molecule has 5 nitrogen and oxygen atoms in total. The summed E-state index contributed by atoms with van der Waals surface area (Å²) in [6.45, 7) is 1.69. The summed E-state index contributed by atoms with van der Waals surface area (Å²) in [6.07, 6.45) is 0. The van der Waals surface area contributed by atoms with Crippen LogP contribution in [0.3, 0.4) is 0 Å². The molecule has 0 radical (unpaired) electrons. The van der Waals surface area contributed by atoms with E-state index in [4.69, 9.17) is 34.8 Å². The van der Waals surface area contributed by atoms with Gasteiger partial charge < -0.3 is 5.32 Å². The fourth-order valence-electron chi connectivity index (χ4n) is 1.66. The molecule has 0 aliphatic carbocycles. The molecule has 0 bridgehead atoms. The highest BCUT2D eigenvalue weighted by Gasteiger charge is 2.19. The Morgan fingerprint density at radius 1 is 1.09 bits per heavy atom. The second-order valence-corrected chi connectivity index (χ2v) is 5.53. The van der Waals surface area contributed by atoms with Crippen molar-refractivity contribution in [1.29, 1.82) is 0 Å². The van der Waals surface area contributed by atoms with Crippen LogP contribution in [0, 0.1) is 6.92 Å². The van der Waals surface area contributed by atoms with Gasteiger partial charge in [-0.15, -0.1) is 0 Å². The molecule has 0 fully saturated rings. The monoisotopic (exact) mass is 357 g/mol. The zero-order valence-electron chi connectivity index (χ0n) is 11.3. The largest absolute Gasteiger partial charge is 0.326 e. The first-order valence-electron chi connectivity index (χ1n) is 6.07. The van der Waals surface area contributed by atoms with Crippen molar-refractivity contribution < 1.29 is 9.59 Å². The molecule has 1 aromatic carbocycles. The smallest absolute Gasteiger partial charge is 0.308 e. The minimum Gasteiger partial charge on any atom is -0.308 e. The van der Waals surface area contributed by atoms with E-state index >= 15 is 0 Å². The number of amides is 3. The molecule has 1 aromatic heterocycles. The van der Waals surface area contributed by atoms with Gasteiger partial charge in [0, 0.05) is 16.4 Å². The van der Waals surface area contributed by atoms with Gasteiger partial charge in [0.2, 0.25) is 0 Å². The molecular formula is C14H10Cl3N3O2. The van der Waals surface area contributed by atoms with E-state index in [0.29, 0.717) is 16.4 Å². The Morgan fingerprint density at radius 3 is 2.32 bits per heavy atom. The van der Waals surface area contributed by atoms with Crippen molar-refractivity contribution in [2.45, 2.75) is 6.92 Å². The molecule has 0 atom stereocenters. The van der Waals surface area contributed by atoms with Crippen molar-refractivity contribution in [3.8, 4) is 0 Å². The van der Waals surface area contributed by atoms with Crippen LogP contribution >= 0.6 is 34.8 Å². The van der Waals surface area contributed by atoms with Crippen molar-refractivity contribution in [1.82, 2.24) is 10.3 Å². The average Bonchev–Trinajstić information content (AvgIpc) is 2.40. The number of hydrogen-bond acceptors (Lipinski definition) is 3. The molecule has 0 aliphatic rings. The number of anilines is 1. The number of carbonyl (C=O) groups excluding carboxylic acids is 2. The summed E-state index contributed by atoms with van der Waals surface area (Å²) >= 11 is 17.6. The van der Waals surface area contributed by atoms with E-state index in [9.17, 15) is 9.59 Å². The molecule has 2 rings (SSSR count). The van der Waals surface area contributed by atoms with E-state index in [-0.39, 0.29) is 15.7 Å². The van der Waals surface area contributed by atoms with Gasteiger partial charge in [-0.1, -0.05) is 34.8 Å². The molecule has 3 amide bonds. The van der Waals surface area contributed by atoms with E-state index in [1.165, 1.54) is 6.07 Å². The third-order valence-corrected chi connectivity index (χ3v) is 3.44. The second-order valence-electron chi connectivity index (χ2n) is 4.33. The van der Waals surface area contributed by atoms with Crippen LogP contribution in [-0.2, 0) is 0 Å². The molecule has 0 spiro atoms. The van der Waals surface area contributed by atoms with Crippen LogP contribution in [0.2, 0.25) is 15.2 Å². The Labute approximate surface area is 141 Å². The average molecular weight is 359 g/mol. The topological polar surface area (TPSA) is 71.1 Å². The summed E-state index contributed by atoms with van der Waals surface area (Å²) in [5.41, 5.74) is 0.992. The van der Waals surface area contributed by atoms with E-state index in [1.807, 2.05) is 0 Å². The Balaban J connectivity index is 2.09. The number of nitrogens with one attached hydrogen (secondary N) is 2. The van der Waals surface area contributed by atoms with Crippen molar-refractivity contribution >= 4 is 52.4 Å². The van der Waals surface area contributed by atoms with Gasteiger partial charge in [-0.05, 0) is 37.3 Å². The lowest BCUT2D eigenvalue weighted by Crippen LogP contribution is -2.34. The number of benzene rings is 1. The Kier molecular flexibility index (Phi) is 5.24. The molecule has 0 saturated heterocycles. The van der Waals surface area contributed by atoms with Crippen molar-refractivity contribution in [3.05, 3.63) is 56.8 Å². The Bertz CT molecular complexity index is 710. The molecule has 2 N–H and O–H groups in total. The van der Waals surface area contributed by atoms with Crippen molar-refractivity contribution in [3.63, 3.8) is 0 Å². The number of rotatable bonds is 2. The quantitative estimate of drug-likeness (QED) is 0.786. The predicted octanol–water partition coefficient (Wildman–Crippen LogP) is 4.31. The summed E-state index contributed by atoms with van der Waals surface area (Å²) in [4.78, 5) is 27.8. The zero-order chi connectivity index (χ0) is 16.3. The zero-order valence-corrected chi connectivity index (χ0v) is 13.6. The molecule has 22 heavy (non-hydrogen) atoms. The first kappa shape index (κ1) is 16.5. The predicted molar refractivity (Wildman–Crippen MR) is 86.9 cm³/mol. The van der Waals surface area contributed by atoms with Gasteiger partial charge in [0.15, 0.2) is 0 Å². The van der Waals surface area contributed by atoms with Crippen LogP contribution in [0.15, 0.2) is 30.3 Å². The van der Waals surface area contributed by atoms with Gasteiger partial charge in [-0.3, -0.25) is 10.1 Å². The van der Waals surface area contributed by atoms with Gasteiger partial charge in [0.1, 0.15) is 5.15 Å². The minimum atomic E-state index is -0.742. The van der Waals surface area contributed by atoms with Crippen LogP contribution < -0.4 is 10.6 Å². The van der Waals surface area contributed by atoms with Crippen LogP contribution in [0.25, 0.3) is 0 Å². The number of aryl methyl sites for hydroxylation is 1. The highest BCUT2D eigenvalue weighted by Crippen LogP contribution is 2.23. The molecule has 0 saturated carbocycles. The van der Waals surface area contributed by atoms with Crippen LogP contribution in [0.4, 0.5) is 10.5 Å². The molecular weight excluding hydrogens is 349 g/mol. The first-order chi connectivity index (χ1) is 10.4. The summed E-state index contributed by atoms with van der Waals surface area (Å²) < 4.78 is 0. The minimum absolute atomic E-state index is 0.0554. The van der Waals surface area contributed by atoms with Gasteiger partial charge in [-0.25, -0.2) is 9.78 Å². The Hall–Kier alpha value is -1.82. The maximum Gasteiger partial charge on any atom is 0.326 e. The van der Waals surface area contributed by atoms with Crippen LogP contribution in [-0.4, -0.2) is 16.9 Å². The maximum absolute atomic E-state index is 12.1. The number of carbonyl (C=O) groups is 2. The SMILES string of the molecule is Cc1cc(Cl)c(C(=O)NC(=O)Nc2ccc(Cl)cc2)c(Cl)n1. The van der Waals surface area contributed by atoms with E-state index in [1.54, 1.807) is 31.2 Å². The van der Waals surface area contributed by atoms with Gasteiger partial charge in [0.05, 0.1) is 10.6 Å². The van der Waals surface area contributed by atoms with E-state index in [0.717, 1.165) is 0 Å². The highest BCUT2D eigenvalue weighted by atomic mass is 35.5. The lowest BCUT2D eigenvalue weighted by molar-refractivity contribution is 0.0967. The summed E-state index contributed by atoms with van der Waals surface area (Å²) in [5.74, 6) is -0.742. The fourth-order valence-corrected chi connectivity index (χ4v) is 2.49. The molecule has 0 unspecified atom stereocenters. The molecule has 2 aromatic rings. The van der Waals surface area contributed by atoms with Gasteiger partial charge in [0.25, 0.3) is 5.91 Å². The summed E-state index contributed by atoms with van der Waals surface area (Å²) in [5, 5.41) is 5.20. The van der Waals surface area contributed by atoms with E-state index < -0.39 is 11.9 Å². The molecule has 114 valence electrons. The lowest BCUT2D eigenvalue weighted by Gasteiger charge is -2.09. The fraction of sp³-hybridized carbons (Fsp3) is 0.0714. The number of urea groups is 1. The molecule has 8 heteroatoms. The highest BCUT2D eigenvalue weighted by molar-refractivity contribution is 6.39. The lowest BCUT2D eigenvalue weighted by atomic mass is 10.2. The number of halogens is 3. The standard InChI is InChI=1S/C14H10Cl3N3O2/c1-7-6-10(16)11(12(17)18-7)13(21)20-14(22)19-9-4-2-8(15)3-5-9/h2-6H,1H3,(H2,19,20,21,22). The van der Waals surface area contributed by atoms with Gasteiger partial charge >= 0.3 is 6.03 Å². The Morgan fingerprint density at radius 2 is 1.73 bits per heavy atom.